The molecule has 1 atom stereocenters. The summed E-state index contributed by atoms with van der Waals surface area (Å²) < 4.78 is 1.79. The van der Waals surface area contributed by atoms with E-state index in [0.29, 0.717) is 5.56 Å². The van der Waals surface area contributed by atoms with Crippen molar-refractivity contribution in [3.8, 4) is 11.3 Å². The highest BCUT2D eigenvalue weighted by molar-refractivity contribution is 7.04. The highest BCUT2D eigenvalue weighted by atomic mass is 32.1. The molecular formula is C16H14N2OS. The molecule has 100 valence electrons. The van der Waals surface area contributed by atoms with Crippen LogP contribution in [0.3, 0.4) is 0 Å². The summed E-state index contributed by atoms with van der Waals surface area (Å²) in [5.41, 5.74) is 2.54. The predicted molar refractivity (Wildman–Crippen MR) is 82.1 cm³/mol. The molecule has 4 heteroatoms. The van der Waals surface area contributed by atoms with Crippen molar-refractivity contribution in [3.63, 3.8) is 0 Å². The van der Waals surface area contributed by atoms with Gasteiger partial charge in [0, 0.05) is 11.6 Å². The van der Waals surface area contributed by atoms with Crippen LogP contribution in [0, 0.1) is 0 Å². The van der Waals surface area contributed by atoms with Gasteiger partial charge in [-0.2, -0.15) is 0 Å². The van der Waals surface area contributed by atoms with E-state index in [4.69, 9.17) is 0 Å². The second-order valence-corrected chi connectivity index (χ2v) is 5.41. The van der Waals surface area contributed by atoms with E-state index in [1.165, 1.54) is 11.5 Å². The van der Waals surface area contributed by atoms with Crippen LogP contribution in [-0.2, 0) is 0 Å². The summed E-state index contributed by atoms with van der Waals surface area (Å²) in [6, 6.07) is 15.7. The minimum atomic E-state index is 0.0186. The molecule has 3 rings (SSSR count). The summed E-state index contributed by atoms with van der Waals surface area (Å²) in [4.78, 5) is 16.8. The molecule has 0 radical (unpaired) electrons. The van der Waals surface area contributed by atoms with E-state index in [2.05, 4.69) is 4.98 Å². The first kappa shape index (κ1) is 12.8. The number of pyridine rings is 1. The molecule has 0 aliphatic carbocycles. The summed E-state index contributed by atoms with van der Waals surface area (Å²) in [6.45, 7) is 2.04. The van der Waals surface area contributed by atoms with Gasteiger partial charge in [0.05, 0.1) is 17.3 Å². The lowest BCUT2D eigenvalue weighted by Crippen LogP contribution is -2.19. The third-order valence-electron chi connectivity index (χ3n) is 3.29. The number of aromatic nitrogens is 2. The van der Waals surface area contributed by atoms with Crippen molar-refractivity contribution in [2.24, 2.45) is 0 Å². The molecule has 0 aliphatic rings. The Balaban J connectivity index is 2.02. The van der Waals surface area contributed by atoms with Crippen molar-refractivity contribution in [1.82, 2.24) is 8.94 Å². The normalized spacial score (nSPS) is 12.2. The van der Waals surface area contributed by atoms with Gasteiger partial charge in [-0.05, 0) is 24.6 Å². The molecule has 0 bridgehead atoms. The van der Waals surface area contributed by atoms with Gasteiger partial charge in [-0.25, -0.2) is 0 Å². The molecule has 0 saturated carbocycles. The Hall–Kier alpha value is -2.20. The van der Waals surface area contributed by atoms with Gasteiger partial charge in [0.25, 0.3) is 5.56 Å². The summed E-state index contributed by atoms with van der Waals surface area (Å²) in [6.07, 6.45) is 1.71. The van der Waals surface area contributed by atoms with Crippen LogP contribution in [0.15, 0.2) is 64.9 Å². The van der Waals surface area contributed by atoms with E-state index in [1.54, 1.807) is 10.2 Å². The average molecular weight is 282 g/mol. The zero-order chi connectivity index (χ0) is 13.9. The van der Waals surface area contributed by atoms with Crippen molar-refractivity contribution < 1.29 is 0 Å². The molecule has 20 heavy (non-hydrogen) atoms. The van der Waals surface area contributed by atoms with E-state index < -0.39 is 0 Å². The minimum Gasteiger partial charge on any atom is -0.268 e. The Labute approximate surface area is 121 Å². The lowest BCUT2D eigenvalue weighted by atomic mass is 10.1. The highest BCUT2D eigenvalue weighted by Gasteiger charge is 2.15. The van der Waals surface area contributed by atoms with Crippen molar-refractivity contribution in [1.29, 1.82) is 0 Å². The number of rotatable bonds is 3. The Bertz CT molecular complexity index is 747. The van der Waals surface area contributed by atoms with E-state index >= 15 is 0 Å². The summed E-state index contributed by atoms with van der Waals surface area (Å²) in [7, 11) is 0. The summed E-state index contributed by atoms with van der Waals surface area (Å²) in [5, 5.41) is 1.88. The van der Waals surface area contributed by atoms with Gasteiger partial charge in [-0.15, -0.1) is 0 Å². The van der Waals surface area contributed by atoms with Gasteiger partial charge in [0.1, 0.15) is 0 Å². The van der Waals surface area contributed by atoms with Crippen LogP contribution in [0.2, 0.25) is 0 Å². The molecule has 2 aromatic heterocycles. The van der Waals surface area contributed by atoms with Crippen molar-refractivity contribution in [2.45, 2.75) is 13.0 Å². The second-order valence-electron chi connectivity index (χ2n) is 4.57. The Morgan fingerprint density at radius 1 is 1.10 bits per heavy atom. The molecule has 0 saturated heterocycles. The van der Waals surface area contributed by atoms with Crippen LogP contribution < -0.4 is 5.56 Å². The molecular weight excluding hydrogens is 268 g/mol. The lowest BCUT2D eigenvalue weighted by molar-refractivity contribution is 0.676. The first-order valence-corrected chi connectivity index (χ1v) is 7.28. The molecule has 0 fully saturated rings. The number of hydrogen-bond acceptors (Lipinski definition) is 3. The van der Waals surface area contributed by atoms with Gasteiger partial charge in [0.2, 0.25) is 0 Å². The van der Waals surface area contributed by atoms with Crippen LogP contribution in [0.25, 0.3) is 11.3 Å². The van der Waals surface area contributed by atoms with E-state index in [-0.39, 0.29) is 11.6 Å². The third-order valence-corrected chi connectivity index (χ3v) is 4.34. The highest BCUT2D eigenvalue weighted by Crippen LogP contribution is 2.22. The molecule has 3 nitrogen and oxygen atoms in total. The monoisotopic (exact) mass is 282 g/mol. The Kier molecular flexibility index (Phi) is 3.48. The van der Waals surface area contributed by atoms with Gasteiger partial charge in [-0.1, -0.05) is 47.9 Å². The standard InChI is InChI=1S/C16H14N2OS/c1-12(13-7-3-2-4-8-13)18-16(19)14(11-20-18)15-9-5-6-10-17-15/h2-12H,1H3/t12-/m0/s1. The molecule has 0 aliphatic heterocycles. The zero-order valence-corrected chi connectivity index (χ0v) is 11.9. The van der Waals surface area contributed by atoms with E-state index in [1.807, 2.05) is 60.8 Å². The fourth-order valence-corrected chi connectivity index (χ4v) is 3.09. The quantitative estimate of drug-likeness (QED) is 0.736. The Morgan fingerprint density at radius 2 is 1.85 bits per heavy atom. The molecule has 0 amide bonds. The van der Waals surface area contributed by atoms with E-state index in [9.17, 15) is 4.79 Å². The fourth-order valence-electron chi connectivity index (χ4n) is 2.15. The molecule has 0 spiro atoms. The second kappa shape index (κ2) is 5.43. The Morgan fingerprint density at radius 3 is 2.55 bits per heavy atom. The zero-order valence-electron chi connectivity index (χ0n) is 11.1. The van der Waals surface area contributed by atoms with Gasteiger partial charge < -0.3 is 0 Å². The molecule has 3 aromatic rings. The fraction of sp³-hybridized carbons (Fsp3) is 0.125. The van der Waals surface area contributed by atoms with Crippen LogP contribution in [0.5, 0.6) is 0 Å². The molecule has 0 unspecified atom stereocenters. The largest absolute Gasteiger partial charge is 0.270 e. The first-order valence-electron chi connectivity index (χ1n) is 6.44. The maximum absolute atomic E-state index is 12.5. The topological polar surface area (TPSA) is 34.9 Å². The van der Waals surface area contributed by atoms with Crippen LogP contribution in [0.1, 0.15) is 18.5 Å². The summed E-state index contributed by atoms with van der Waals surface area (Å²) >= 11 is 1.44. The number of benzene rings is 1. The van der Waals surface area contributed by atoms with Crippen LogP contribution in [-0.4, -0.2) is 8.94 Å². The van der Waals surface area contributed by atoms with E-state index in [0.717, 1.165) is 11.3 Å². The molecule has 2 heterocycles. The number of nitrogens with zero attached hydrogens (tertiary/aromatic N) is 2. The van der Waals surface area contributed by atoms with Gasteiger partial charge in [0.15, 0.2) is 0 Å². The van der Waals surface area contributed by atoms with Crippen LogP contribution in [0.4, 0.5) is 0 Å². The average Bonchev–Trinajstić information content (AvgIpc) is 2.90. The van der Waals surface area contributed by atoms with Crippen LogP contribution >= 0.6 is 11.5 Å². The first-order chi connectivity index (χ1) is 9.77. The van der Waals surface area contributed by atoms with Crippen molar-refractivity contribution in [3.05, 3.63) is 76.0 Å². The lowest BCUT2D eigenvalue weighted by Gasteiger charge is -2.11. The van der Waals surface area contributed by atoms with Crippen molar-refractivity contribution >= 4 is 11.5 Å². The number of hydrogen-bond donors (Lipinski definition) is 0. The van der Waals surface area contributed by atoms with Crippen molar-refractivity contribution in [2.75, 3.05) is 0 Å². The molecule has 1 aromatic carbocycles. The van der Waals surface area contributed by atoms with Gasteiger partial charge in [-0.3, -0.25) is 13.7 Å². The third kappa shape index (κ3) is 2.30. The maximum Gasteiger partial charge on any atom is 0.270 e. The molecule has 0 N–H and O–H groups in total. The smallest absolute Gasteiger partial charge is 0.268 e. The predicted octanol–water partition coefficient (Wildman–Crippen LogP) is 3.58. The van der Waals surface area contributed by atoms with Gasteiger partial charge >= 0.3 is 0 Å². The summed E-state index contributed by atoms with van der Waals surface area (Å²) in [5.74, 6) is 0. The SMILES string of the molecule is C[C@@H](c1ccccc1)n1scc(-c2ccccn2)c1=O. The minimum absolute atomic E-state index is 0.0186. The maximum atomic E-state index is 12.5.